The average molecular weight is 452 g/mol. The van der Waals surface area contributed by atoms with Crippen LogP contribution in [0.5, 0.6) is 0 Å². The number of hydrogen-bond donors (Lipinski definition) is 0. The van der Waals surface area contributed by atoms with Crippen molar-refractivity contribution in [3.63, 3.8) is 0 Å². The Labute approximate surface area is 140 Å². The molecule has 0 saturated heterocycles. The van der Waals surface area contributed by atoms with Gasteiger partial charge in [-0.3, -0.25) is 0 Å². The van der Waals surface area contributed by atoms with Gasteiger partial charge in [-0.25, -0.2) is 9.97 Å². The van der Waals surface area contributed by atoms with Gasteiger partial charge in [0.05, 0.1) is 9.26 Å². The van der Waals surface area contributed by atoms with E-state index in [2.05, 4.69) is 61.5 Å². The molecule has 19 heavy (non-hydrogen) atoms. The minimum atomic E-state index is 0.557. The molecule has 0 aliphatic heterocycles. The smallest absolute Gasteiger partial charge is 0.146 e. The summed E-state index contributed by atoms with van der Waals surface area (Å²) in [6.45, 7) is 2.14. The van der Waals surface area contributed by atoms with Crippen LogP contribution in [0.3, 0.4) is 0 Å². The van der Waals surface area contributed by atoms with Crippen molar-refractivity contribution in [3.8, 4) is 0 Å². The van der Waals surface area contributed by atoms with Crippen molar-refractivity contribution in [2.75, 3.05) is 0 Å². The molecule has 1 aromatic carbocycles. The van der Waals surface area contributed by atoms with E-state index < -0.39 is 0 Å². The second-order valence-electron chi connectivity index (χ2n) is 4.21. The van der Waals surface area contributed by atoms with Crippen molar-refractivity contribution >= 4 is 50.1 Å². The van der Waals surface area contributed by atoms with Crippen molar-refractivity contribution in [2.24, 2.45) is 0 Å². The number of benzene rings is 1. The van der Waals surface area contributed by atoms with E-state index in [-0.39, 0.29) is 0 Å². The van der Waals surface area contributed by atoms with E-state index in [0.717, 1.165) is 32.4 Å². The molecule has 2 aromatic rings. The Morgan fingerprint density at radius 3 is 2.68 bits per heavy atom. The van der Waals surface area contributed by atoms with Crippen LogP contribution in [0, 0.1) is 3.57 Å². The Balaban J connectivity index is 2.33. The molecule has 1 heterocycles. The highest BCUT2D eigenvalue weighted by atomic mass is 127. The van der Waals surface area contributed by atoms with Crippen LogP contribution in [-0.4, -0.2) is 9.97 Å². The van der Waals surface area contributed by atoms with Crippen molar-refractivity contribution in [1.29, 1.82) is 0 Å². The predicted octanol–water partition coefficient (Wildman–Crippen LogP) is 5.04. The fourth-order valence-corrected chi connectivity index (χ4v) is 2.95. The van der Waals surface area contributed by atoms with Crippen LogP contribution in [0.4, 0.5) is 0 Å². The lowest BCUT2D eigenvalue weighted by molar-refractivity contribution is 0.832. The van der Waals surface area contributed by atoms with E-state index in [9.17, 15) is 0 Å². The van der Waals surface area contributed by atoms with Crippen molar-refractivity contribution in [1.82, 2.24) is 9.97 Å². The summed E-state index contributed by atoms with van der Waals surface area (Å²) in [7, 11) is 0. The zero-order valence-corrected chi connectivity index (χ0v) is 15.0. The summed E-state index contributed by atoms with van der Waals surface area (Å²) < 4.78 is 2.04. The second-order valence-corrected chi connectivity index (χ2v) is 6.50. The largest absolute Gasteiger partial charge is 0.236 e. The Bertz CT molecular complexity index is 590. The molecule has 2 rings (SSSR count). The molecule has 0 bridgehead atoms. The maximum atomic E-state index is 6.19. The molecule has 0 amide bonds. The minimum absolute atomic E-state index is 0.557. The topological polar surface area (TPSA) is 25.8 Å². The van der Waals surface area contributed by atoms with E-state index in [0.29, 0.717) is 11.6 Å². The fourth-order valence-electron chi connectivity index (χ4n) is 1.80. The van der Waals surface area contributed by atoms with Gasteiger partial charge in [0.25, 0.3) is 0 Å². The summed E-state index contributed by atoms with van der Waals surface area (Å²) in [5.41, 5.74) is 2.22. The Kier molecular flexibility index (Phi) is 5.59. The summed E-state index contributed by atoms with van der Waals surface area (Å²) in [5.74, 6) is 0.778. The molecule has 0 spiro atoms. The van der Waals surface area contributed by atoms with E-state index in [1.807, 2.05) is 18.2 Å². The third-order valence-corrected chi connectivity index (χ3v) is 5.22. The van der Waals surface area contributed by atoms with Gasteiger partial charge in [-0.15, -0.1) is 0 Å². The van der Waals surface area contributed by atoms with Crippen LogP contribution in [0.25, 0.3) is 0 Å². The third-order valence-electron chi connectivity index (χ3n) is 2.72. The molecule has 0 fully saturated rings. The number of rotatable bonds is 4. The van der Waals surface area contributed by atoms with E-state index in [4.69, 9.17) is 11.6 Å². The number of aryl methyl sites for hydroxylation is 1. The highest BCUT2D eigenvalue weighted by molar-refractivity contribution is 14.1. The van der Waals surface area contributed by atoms with Gasteiger partial charge < -0.3 is 0 Å². The van der Waals surface area contributed by atoms with Crippen LogP contribution in [-0.2, 0) is 12.8 Å². The van der Waals surface area contributed by atoms with E-state index >= 15 is 0 Å². The highest BCUT2D eigenvalue weighted by Gasteiger charge is 2.11. The Morgan fingerprint density at radius 2 is 2.00 bits per heavy atom. The Hall–Kier alpha value is -0.200. The Morgan fingerprint density at radius 1 is 1.26 bits per heavy atom. The molecule has 2 nitrogen and oxygen atoms in total. The van der Waals surface area contributed by atoms with Gasteiger partial charge >= 0.3 is 0 Å². The molecule has 0 saturated carbocycles. The predicted molar refractivity (Wildman–Crippen MR) is 90.7 cm³/mol. The lowest BCUT2D eigenvalue weighted by atomic mass is 10.1. The van der Waals surface area contributed by atoms with Crippen molar-refractivity contribution in [3.05, 3.63) is 54.5 Å². The SMILES string of the molecule is CCCc1nc(Cc2ccccc2Br)nc(Cl)c1I. The lowest BCUT2D eigenvalue weighted by Gasteiger charge is -2.08. The molecule has 0 aliphatic carbocycles. The van der Waals surface area contributed by atoms with Gasteiger partial charge in [0.2, 0.25) is 0 Å². The van der Waals surface area contributed by atoms with Gasteiger partial charge in [-0.05, 0) is 40.6 Å². The monoisotopic (exact) mass is 450 g/mol. The van der Waals surface area contributed by atoms with E-state index in [1.54, 1.807) is 0 Å². The minimum Gasteiger partial charge on any atom is -0.236 e. The van der Waals surface area contributed by atoms with Crippen molar-refractivity contribution in [2.45, 2.75) is 26.2 Å². The lowest BCUT2D eigenvalue weighted by Crippen LogP contribution is -2.04. The molecule has 0 radical (unpaired) electrons. The first-order chi connectivity index (χ1) is 9.11. The molecule has 5 heteroatoms. The molecule has 0 aliphatic rings. The van der Waals surface area contributed by atoms with Crippen LogP contribution in [0.2, 0.25) is 5.15 Å². The maximum Gasteiger partial charge on any atom is 0.146 e. The maximum absolute atomic E-state index is 6.19. The third kappa shape index (κ3) is 3.89. The molecule has 100 valence electrons. The van der Waals surface area contributed by atoms with Gasteiger partial charge in [0, 0.05) is 10.9 Å². The quantitative estimate of drug-likeness (QED) is 0.481. The molecular formula is C14H13BrClIN2. The molecular weight excluding hydrogens is 438 g/mol. The normalized spacial score (nSPS) is 10.7. The number of halogens is 3. The first-order valence-corrected chi connectivity index (χ1v) is 8.31. The zero-order chi connectivity index (χ0) is 13.8. The van der Waals surface area contributed by atoms with Crippen LogP contribution in [0.15, 0.2) is 28.7 Å². The van der Waals surface area contributed by atoms with Crippen LogP contribution >= 0.6 is 50.1 Å². The van der Waals surface area contributed by atoms with Crippen LogP contribution in [0.1, 0.15) is 30.4 Å². The second kappa shape index (κ2) is 6.99. The average Bonchev–Trinajstić information content (AvgIpc) is 2.38. The first-order valence-electron chi connectivity index (χ1n) is 6.06. The van der Waals surface area contributed by atoms with Gasteiger partial charge in [0.15, 0.2) is 0 Å². The number of aromatic nitrogens is 2. The zero-order valence-electron chi connectivity index (χ0n) is 10.5. The molecule has 0 atom stereocenters. The van der Waals surface area contributed by atoms with Gasteiger partial charge in [-0.2, -0.15) is 0 Å². The molecule has 0 N–H and O–H groups in total. The first kappa shape index (κ1) is 15.2. The summed E-state index contributed by atoms with van der Waals surface area (Å²) in [4.78, 5) is 9.01. The van der Waals surface area contributed by atoms with Gasteiger partial charge in [-0.1, -0.05) is 59.1 Å². The summed E-state index contributed by atoms with van der Waals surface area (Å²) in [6.07, 6.45) is 2.68. The summed E-state index contributed by atoms with van der Waals surface area (Å²) >= 11 is 12.0. The molecule has 0 unspecified atom stereocenters. The number of hydrogen-bond acceptors (Lipinski definition) is 2. The van der Waals surface area contributed by atoms with E-state index in [1.165, 1.54) is 5.56 Å². The van der Waals surface area contributed by atoms with Crippen molar-refractivity contribution < 1.29 is 0 Å². The highest BCUT2D eigenvalue weighted by Crippen LogP contribution is 2.23. The van der Waals surface area contributed by atoms with Gasteiger partial charge in [0.1, 0.15) is 11.0 Å². The standard InChI is InChI=1S/C14H13BrClIN2/c1-2-5-11-13(17)14(16)19-12(18-11)8-9-6-3-4-7-10(9)15/h3-4,6-7H,2,5,8H2,1H3. The summed E-state index contributed by atoms with van der Waals surface area (Å²) in [5, 5.41) is 0.557. The molecule has 1 aromatic heterocycles. The number of nitrogens with zero attached hydrogens (tertiary/aromatic N) is 2. The fraction of sp³-hybridized carbons (Fsp3) is 0.286. The summed E-state index contributed by atoms with van der Waals surface area (Å²) in [6, 6.07) is 8.11. The van der Waals surface area contributed by atoms with Crippen LogP contribution < -0.4 is 0 Å².